The number of fused-ring (bicyclic) bond motifs is 3. The molecule has 0 unspecified atom stereocenters. The molecule has 26 heavy (non-hydrogen) atoms. The van der Waals surface area contributed by atoms with E-state index in [-0.39, 0.29) is 28.8 Å². The van der Waals surface area contributed by atoms with Crippen LogP contribution in [0, 0.1) is 34.0 Å². The molecule has 144 valence electrons. The number of esters is 1. The fourth-order valence-corrected chi connectivity index (χ4v) is 7.94. The number of carbonyl (C=O) groups is 2. The SMILES string of the molecule is C=C1[C@H]2CC[C@H]3[C@@]4(C)CCC[C@@](C)(C(=O)[O-])[C@H]4CC[C@@]3(C2)[C@@H]1OC(C)=O. The van der Waals surface area contributed by atoms with E-state index in [1.165, 1.54) is 6.92 Å². The van der Waals surface area contributed by atoms with Gasteiger partial charge in [0.25, 0.3) is 0 Å². The molecule has 1 spiro atoms. The first-order valence-corrected chi connectivity index (χ1v) is 10.2. The Labute approximate surface area is 156 Å². The van der Waals surface area contributed by atoms with Crippen LogP contribution in [-0.4, -0.2) is 18.0 Å². The van der Waals surface area contributed by atoms with Crippen LogP contribution in [0.3, 0.4) is 0 Å². The van der Waals surface area contributed by atoms with Crippen molar-refractivity contribution >= 4 is 11.9 Å². The second kappa shape index (κ2) is 5.59. The van der Waals surface area contributed by atoms with Crippen molar-refractivity contribution < 1.29 is 19.4 Å². The Morgan fingerprint density at radius 3 is 2.50 bits per heavy atom. The molecule has 0 radical (unpaired) electrons. The minimum atomic E-state index is -0.884. The lowest BCUT2D eigenvalue weighted by atomic mass is 9.40. The van der Waals surface area contributed by atoms with Crippen molar-refractivity contribution in [2.45, 2.75) is 78.2 Å². The van der Waals surface area contributed by atoms with Crippen molar-refractivity contribution in [3.8, 4) is 0 Å². The molecular weight excluding hydrogens is 328 g/mol. The molecule has 4 aliphatic rings. The van der Waals surface area contributed by atoms with E-state index in [0.29, 0.717) is 11.8 Å². The molecular formula is C22H31O4-. The smallest absolute Gasteiger partial charge is 0.303 e. The third-order valence-electron chi connectivity index (χ3n) is 8.93. The highest BCUT2D eigenvalue weighted by molar-refractivity contribution is 5.73. The van der Waals surface area contributed by atoms with Gasteiger partial charge in [-0.1, -0.05) is 26.8 Å². The van der Waals surface area contributed by atoms with E-state index in [1.807, 2.05) is 6.92 Å². The van der Waals surface area contributed by atoms with Crippen LogP contribution in [0.2, 0.25) is 0 Å². The van der Waals surface area contributed by atoms with Gasteiger partial charge in [0.2, 0.25) is 0 Å². The maximum absolute atomic E-state index is 12.1. The summed E-state index contributed by atoms with van der Waals surface area (Å²) in [6, 6.07) is 0. The topological polar surface area (TPSA) is 66.4 Å². The summed E-state index contributed by atoms with van der Waals surface area (Å²) in [6.45, 7) is 10.0. The average Bonchev–Trinajstić information content (AvgIpc) is 2.75. The molecule has 4 saturated carbocycles. The molecule has 0 aliphatic heterocycles. The van der Waals surface area contributed by atoms with Crippen LogP contribution in [0.4, 0.5) is 0 Å². The van der Waals surface area contributed by atoms with Crippen molar-refractivity contribution in [1.29, 1.82) is 0 Å². The quantitative estimate of drug-likeness (QED) is 0.561. The molecule has 0 aromatic heterocycles. The van der Waals surface area contributed by atoms with E-state index < -0.39 is 11.4 Å². The molecule has 0 aromatic carbocycles. The normalized spacial score (nSPS) is 49.9. The number of hydrogen-bond acceptors (Lipinski definition) is 4. The number of aliphatic carboxylic acids is 1. The number of carboxylic acid groups (broad SMARTS) is 1. The fourth-order valence-electron chi connectivity index (χ4n) is 7.94. The highest BCUT2D eigenvalue weighted by Gasteiger charge is 2.67. The summed E-state index contributed by atoms with van der Waals surface area (Å²) in [5.74, 6) is -0.120. The second-order valence-corrected chi connectivity index (χ2v) is 9.98. The van der Waals surface area contributed by atoms with Crippen molar-refractivity contribution in [3.05, 3.63) is 12.2 Å². The van der Waals surface area contributed by atoms with Gasteiger partial charge < -0.3 is 14.6 Å². The highest BCUT2D eigenvalue weighted by Crippen LogP contribution is 2.72. The third kappa shape index (κ3) is 2.13. The minimum absolute atomic E-state index is 0.0285. The number of carboxylic acids is 1. The first kappa shape index (κ1) is 18.1. The molecule has 0 amide bonds. The van der Waals surface area contributed by atoms with Crippen LogP contribution < -0.4 is 5.11 Å². The Hall–Kier alpha value is -1.32. The summed E-state index contributed by atoms with van der Waals surface area (Å²) in [7, 11) is 0. The molecule has 7 atom stereocenters. The maximum atomic E-state index is 12.1. The van der Waals surface area contributed by atoms with Gasteiger partial charge in [-0.25, -0.2) is 0 Å². The van der Waals surface area contributed by atoms with E-state index in [4.69, 9.17) is 4.74 Å². The maximum Gasteiger partial charge on any atom is 0.303 e. The summed E-state index contributed by atoms with van der Waals surface area (Å²) in [5.41, 5.74) is 0.293. The zero-order valence-electron chi connectivity index (χ0n) is 16.3. The third-order valence-corrected chi connectivity index (χ3v) is 8.93. The van der Waals surface area contributed by atoms with Crippen LogP contribution in [0.25, 0.3) is 0 Å². The predicted octanol–water partition coefficient (Wildman–Crippen LogP) is 3.25. The van der Waals surface area contributed by atoms with Gasteiger partial charge in [-0.3, -0.25) is 4.79 Å². The van der Waals surface area contributed by atoms with Gasteiger partial charge in [0.05, 0.1) is 0 Å². The van der Waals surface area contributed by atoms with Crippen LogP contribution in [-0.2, 0) is 14.3 Å². The number of carbonyl (C=O) groups excluding carboxylic acids is 2. The second-order valence-electron chi connectivity index (χ2n) is 9.98. The van der Waals surface area contributed by atoms with Crippen molar-refractivity contribution in [3.63, 3.8) is 0 Å². The van der Waals surface area contributed by atoms with E-state index >= 15 is 0 Å². The molecule has 0 heterocycles. The largest absolute Gasteiger partial charge is 0.550 e. The number of hydrogen-bond donors (Lipinski definition) is 0. The lowest BCUT2D eigenvalue weighted by Gasteiger charge is -2.65. The van der Waals surface area contributed by atoms with Gasteiger partial charge in [-0.15, -0.1) is 0 Å². The summed E-state index contributed by atoms with van der Waals surface area (Å²) in [4.78, 5) is 23.9. The highest BCUT2D eigenvalue weighted by atomic mass is 16.5. The lowest BCUT2D eigenvalue weighted by Crippen LogP contribution is -2.62. The monoisotopic (exact) mass is 359 g/mol. The summed E-state index contributed by atoms with van der Waals surface area (Å²) >= 11 is 0. The Morgan fingerprint density at radius 1 is 1.12 bits per heavy atom. The molecule has 4 nitrogen and oxygen atoms in total. The van der Waals surface area contributed by atoms with Crippen molar-refractivity contribution in [2.24, 2.45) is 34.0 Å². The van der Waals surface area contributed by atoms with Crippen LogP contribution in [0.1, 0.15) is 72.1 Å². The molecule has 4 fully saturated rings. The molecule has 0 aromatic rings. The van der Waals surface area contributed by atoms with E-state index in [2.05, 4.69) is 13.5 Å². The zero-order valence-corrected chi connectivity index (χ0v) is 16.3. The molecule has 4 heteroatoms. The Bertz CT molecular complexity index is 669. The standard InChI is InChI=1S/C22H32O4/c1-13-15-6-7-17-20(3)9-5-10-21(4,19(24)25)16(20)8-11-22(17,12-15)18(13)26-14(2)23/h15-18H,1,5-12H2,2-4H3,(H,24,25)/p-1/t15-,16-,17-,18+,20-,21+,22-/m0/s1. The summed E-state index contributed by atoms with van der Waals surface area (Å²) < 4.78 is 5.85. The Kier molecular flexibility index (Phi) is 3.88. The van der Waals surface area contributed by atoms with Gasteiger partial charge in [0.1, 0.15) is 6.10 Å². The Morgan fingerprint density at radius 2 is 1.85 bits per heavy atom. The van der Waals surface area contributed by atoms with Crippen LogP contribution >= 0.6 is 0 Å². The predicted molar refractivity (Wildman–Crippen MR) is 95.8 cm³/mol. The first-order chi connectivity index (χ1) is 12.1. The number of rotatable bonds is 2. The fraction of sp³-hybridized carbons (Fsp3) is 0.818. The van der Waals surface area contributed by atoms with E-state index in [0.717, 1.165) is 56.9 Å². The first-order valence-electron chi connectivity index (χ1n) is 10.2. The molecule has 4 aliphatic carbocycles. The van der Waals surface area contributed by atoms with E-state index in [1.54, 1.807) is 0 Å². The molecule has 2 bridgehead atoms. The molecule has 0 saturated heterocycles. The number of ether oxygens (including phenoxy) is 1. The summed E-state index contributed by atoms with van der Waals surface area (Å²) in [5, 5.41) is 12.1. The zero-order chi connectivity index (χ0) is 18.9. The van der Waals surface area contributed by atoms with Gasteiger partial charge in [0, 0.05) is 23.7 Å². The van der Waals surface area contributed by atoms with Crippen LogP contribution in [0.5, 0.6) is 0 Å². The van der Waals surface area contributed by atoms with Crippen LogP contribution in [0.15, 0.2) is 12.2 Å². The Balaban J connectivity index is 1.77. The van der Waals surface area contributed by atoms with Gasteiger partial charge >= 0.3 is 5.97 Å². The van der Waals surface area contributed by atoms with Crippen molar-refractivity contribution in [2.75, 3.05) is 0 Å². The molecule has 0 N–H and O–H groups in total. The molecule has 4 rings (SSSR count). The van der Waals surface area contributed by atoms with Gasteiger partial charge in [-0.2, -0.15) is 0 Å². The van der Waals surface area contributed by atoms with Crippen molar-refractivity contribution in [1.82, 2.24) is 0 Å². The van der Waals surface area contributed by atoms with Gasteiger partial charge in [0.15, 0.2) is 0 Å². The van der Waals surface area contributed by atoms with Gasteiger partial charge in [-0.05, 0) is 73.7 Å². The summed E-state index contributed by atoms with van der Waals surface area (Å²) in [6.07, 6.45) is 7.60. The minimum Gasteiger partial charge on any atom is -0.550 e. The van der Waals surface area contributed by atoms with E-state index in [9.17, 15) is 14.7 Å². The average molecular weight is 359 g/mol. The lowest BCUT2D eigenvalue weighted by molar-refractivity contribution is -0.328.